The second-order valence-corrected chi connectivity index (χ2v) is 7.67. The van der Waals surface area contributed by atoms with Crippen molar-refractivity contribution in [2.45, 2.75) is 38.8 Å². The average molecular weight is 396 g/mol. The number of aliphatic imine (C=N–C) groups is 1. The van der Waals surface area contributed by atoms with Crippen LogP contribution in [0.15, 0.2) is 52.8 Å². The molecule has 8 heteroatoms. The SMILES string of the molecule is C=CC=N/C(=C\N)Nc1cc2ccn(CCO)c(=O)c2c(NC(C)(C)C2CC2)n1. The quantitative estimate of drug-likeness (QED) is 0.484. The average Bonchev–Trinajstić information content (AvgIpc) is 3.53. The Morgan fingerprint density at radius 1 is 1.52 bits per heavy atom. The summed E-state index contributed by atoms with van der Waals surface area (Å²) >= 11 is 0. The van der Waals surface area contributed by atoms with Crippen LogP contribution in [0.25, 0.3) is 10.8 Å². The van der Waals surface area contributed by atoms with Gasteiger partial charge in [-0.1, -0.05) is 12.7 Å². The molecule has 8 nitrogen and oxygen atoms in total. The molecule has 2 heterocycles. The molecule has 2 aromatic heterocycles. The van der Waals surface area contributed by atoms with Crippen molar-refractivity contribution >= 4 is 28.6 Å². The highest BCUT2D eigenvalue weighted by molar-refractivity contribution is 5.93. The van der Waals surface area contributed by atoms with Crippen LogP contribution >= 0.6 is 0 Å². The molecular weight excluding hydrogens is 368 g/mol. The van der Waals surface area contributed by atoms with Gasteiger partial charge in [0.25, 0.3) is 5.56 Å². The van der Waals surface area contributed by atoms with Crippen molar-refractivity contribution in [2.75, 3.05) is 17.2 Å². The van der Waals surface area contributed by atoms with Crippen LogP contribution in [-0.2, 0) is 6.54 Å². The maximum absolute atomic E-state index is 13.0. The lowest BCUT2D eigenvalue weighted by Gasteiger charge is -2.28. The third kappa shape index (κ3) is 4.65. The predicted molar refractivity (Wildman–Crippen MR) is 118 cm³/mol. The Balaban J connectivity index is 2.10. The van der Waals surface area contributed by atoms with Gasteiger partial charge in [0, 0.05) is 30.7 Å². The second kappa shape index (κ2) is 8.48. The van der Waals surface area contributed by atoms with Gasteiger partial charge in [-0.2, -0.15) is 0 Å². The minimum Gasteiger partial charge on any atom is -0.402 e. The number of nitrogens with two attached hydrogens (primary N) is 1. The lowest BCUT2D eigenvalue weighted by Crippen LogP contribution is -2.34. The first-order valence-electron chi connectivity index (χ1n) is 9.67. The molecule has 1 aliphatic rings. The summed E-state index contributed by atoms with van der Waals surface area (Å²) < 4.78 is 1.49. The van der Waals surface area contributed by atoms with Crippen molar-refractivity contribution in [1.82, 2.24) is 9.55 Å². The highest BCUT2D eigenvalue weighted by Gasteiger charge is 2.38. The number of rotatable bonds is 9. The topological polar surface area (TPSA) is 118 Å². The number of hydrogen-bond donors (Lipinski definition) is 4. The summed E-state index contributed by atoms with van der Waals surface area (Å²) in [6, 6.07) is 3.62. The van der Waals surface area contributed by atoms with Crippen LogP contribution < -0.4 is 21.9 Å². The molecule has 0 unspecified atom stereocenters. The van der Waals surface area contributed by atoms with Crippen molar-refractivity contribution in [3.8, 4) is 0 Å². The highest BCUT2D eigenvalue weighted by Crippen LogP contribution is 2.41. The normalized spacial score (nSPS) is 15.1. The van der Waals surface area contributed by atoms with Gasteiger partial charge in [-0.3, -0.25) is 4.79 Å². The van der Waals surface area contributed by atoms with Gasteiger partial charge in [0.05, 0.1) is 12.0 Å². The van der Waals surface area contributed by atoms with E-state index >= 15 is 0 Å². The summed E-state index contributed by atoms with van der Waals surface area (Å²) in [7, 11) is 0. The summed E-state index contributed by atoms with van der Waals surface area (Å²) in [6.07, 6.45) is 8.40. The van der Waals surface area contributed by atoms with Crippen molar-refractivity contribution in [2.24, 2.45) is 16.6 Å². The molecule has 1 aliphatic carbocycles. The van der Waals surface area contributed by atoms with Gasteiger partial charge in [-0.15, -0.1) is 0 Å². The summed E-state index contributed by atoms with van der Waals surface area (Å²) in [5, 5.41) is 17.0. The number of aliphatic hydroxyl groups excluding tert-OH is 1. The van der Waals surface area contributed by atoms with Crippen molar-refractivity contribution in [3.05, 3.63) is 53.4 Å². The van der Waals surface area contributed by atoms with Crippen molar-refractivity contribution in [3.63, 3.8) is 0 Å². The molecule has 5 N–H and O–H groups in total. The van der Waals surface area contributed by atoms with Gasteiger partial charge in [0.2, 0.25) is 0 Å². The van der Waals surface area contributed by atoms with E-state index in [-0.39, 0.29) is 24.2 Å². The summed E-state index contributed by atoms with van der Waals surface area (Å²) in [4.78, 5) is 21.8. The van der Waals surface area contributed by atoms with Gasteiger partial charge >= 0.3 is 0 Å². The van der Waals surface area contributed by atoms with Gasteiger partial charge in [-0.05, 0) is 50.1 Å². The Morgan fingerprint density at radius 3 is 2.90 bits per heavy atom. The first-order chi connectivity index (χ1) is 13.9. The number of aliphatic hydroxyl groups is 1. The summed E-state index contributed by atoms with van der Waals surface area (Å²) in [5.41, 5.74) is 5.26. The summed E-state index contributed by atoms with van der Waals surface area (Å²) in [5.74, 6) is 1.97. The van der Waals surface area contributed by atoms with Crippen LogP contribution in [0.4, 0.5) is 11.6 Å². The van der Waals surface area contributed by atoms with E-state index in [1.165, 1.54) is 17.0 Å². The van der Waals surface area contributed by atoms with Gasteiger partial charge < -0.3 is 26.0 Å². The largest absolute Gasteiger partial charge is 0.402 e. The number of pyridine rings is 2. The van der Waals surface area contributed by atoms with Crippen molar-refractivity contribution < 1.29 is 5.11 Å². The molecule has 0 amide bonds. The fourth-order valence-electron chi connectivity index (χ4n) is 3.33. The molecule has 0 spiro atoms. The number of aromatic nitrogens is 2. The Morgan fingerprint density at radius 2 is 2.28 bits per heavy atom. The van der Waals surface area contributed by atoms with Gasteiger partial charge in [0.1, 0.15) is 17.5 Å². The van der Waals surface area contributed by atoms with E-state index < -0.39 is 0 Å². The maximum Gasteiger partial charge on any atom is 0.262 e. The first kappa shape index (κ1) is 20.6. The second-order valence-electron chi connectivity index (χ2n) is 7.67. The molecule has 0 saturated heterocycles. The fraction of sp³-hybridized carbons (Fsp3) is 0.381. The van der Waals surface area contributed by atoms with Gasteiger partial charge in [0.15, 0.2) is 0 Å². The molecule has 3 rings (SSSR count). The molecule has 2 aromatic rings. The Kier molecular flexibility index (Phi) is 6.03. The lowest BCUT2D eigenvalue weighted by molar-refractivity contribution is 0.274. The third-order valence-corrected chi connectivity index (χ3v) is 5.07. The van der Waals surface area contributed by atoms with E-state index in [1.54, 1.807) is 18.3 Å². The lowest BCUT2D eigenvalue weighted by atomic mass is 9.98. The van der Waals surface area contributed by atoms with Crippen LogP contribution in [-0.4, -0.2) is 33.0 Å². The number of allylic oxidation sites excluding steroid dienone is 1. The Bertz CT molecular complexity index is 1020. The molecule has 29 heavy (non-hydrogen) atoms. The molecule has 1 saturated carbocycles. The van der Waals surface area contributed by atoms with Crippen LogP contribution in [0.5, 0.6) is 0 Å². The molecule has 0 radical (unpaired) electrons. The van der Waals surface area contributed by atoms with E-state index in [2.05, 4.69) is 41.0 Å². The standard InChI is InChI=1S/C21H28N6O2/c1-4-8-23-17(13-22)24-16-12-14-7-9-27(10-11-28)20(29)18(14)19(25-16)26-21(2,3)15-5-6-15/h4,7-9,12-13,15,28H,1,5-6,10-11,22H2,2-3H3,(H2,24,25,26)/b17-13+,23-8?. The number of nitrogens with zero attached hydrogens (tertiary/aromatic N) is 3. The minimum absolute atomic E-state index is 0.110. The number of anilines is 2. The predicted octanol–water partition coefficient (Wildman–Crippen LogP) is 2.42. The van der Waals surface area contributed by atoms with Gasteiger partial charge in [-0.25, -0.2) is 9.98 Å². The van der Waals surface area contributed by atoms with Crippen molar-refractivity contribution in [1.29, 1.82) is 0 Å². The number of fused-ring (bicyclic) bond motifs is 1. The minimum atomic E-state index is -0.198. The van der Waals surface area contributed by atoms with Crippen LogP contribution in [0, 0.1) is 5.92 Å². The van der Waals surface area contributed by atoms with E-state index in [1.807, 2.05) is 6.07 Å². The molecular formula is C21H28N6O2. The van der Waals surface area contributed by atoms with E-state index in [4.69, 9.17) is 5.73 Å². The molecule has 0 bridgehead atoms. The smallest absolute Gasteiger partial charge is 0.262 e. The molecule has 154 valence electrons. The van der Waals surface area contributed by atoms with Crippen LogP contribution in [0.2, 0.25) is 0 Å². The van der Waals surface area contributed by atoms with Crippen LogP contribution in [0.1, 0.15) is 26.7 Å². The molecule has 0 aliphatic heterocycles. The maximum atomic E-state index is 13.0. The number of nitrogens with one attached hydrogen (secondary N) is 2. The van der Waals surface area contributed by atoms with E-state index in [0.717, 1.165) is 18.2 Å². The number of hydrogen-bond acceptors (Lipinski definition) is 7. The zero-order valence-corrected chi connectivity index (χ0v) is 16.9. The highest BCUT2D eigenvalue weighted by atomic mass is 16.3. The zero-order chi connectivity index (χ0) is 21.0. The monoisotopic (exact) mass is 396 g/mol. The Labute approximate surface area is 169 Å². The van der Waals surface area contributed by atoms with Crippen LogP contribution in [0.3, 0.4) is 0 Å². The summed E-state index contributed by atoms with van der Waals surface area (Å²) in [6.45, 7) is 7.96. The molecule has 0 aromatic carbocycles. The van der Waals surface area contributed by atoms with E-state index in [0.29, 0.717) is 28.8 Å². The first-order valence-corrected chi connectivity index (χ1v) is 9.67. The molecule has 0 atom stereocenters. The zero-order valence-electron chi connectivity index (χ0n) is 16.9. The van der Waals surface area contributed by atoms with E-state index in [9.17, 15) is 9.90 Å². The third-order valence-electron chi connectivity index (χ3n) is 5.07. The molecule has 1 fully saturated rings. The fourth-order valence-corrected chi connectivity index (χ4v) is 3.33. The Hall–Kier alpha value is -3.13.